The number of carbonyl (C=O) groups is 3. The summed E-state index contributed by atoms with van der Waals surface area (Å²) in [5, 5.41) is 19.9. The van der Waals surface area contributed by atoms with Crippen LogP contribution in [0.2, 0.25) is 0 Å². The lowest BCUT2D eigenvalue weighted by Crippen LogP contribution is -2.61. The lowest BCUT2D eigenvalue weighted by Gasteiger charge is -2.32. The first-order chi connectivity index (χ1) is 21.3. The Morgan fingerprint density at radius 1 is 0.523 bits per heavy atom. The highest BCUT2D eigenvalue weighted by Crippen LogP contribution is 2.32. The summed E-state index contributed by atoms with van der Waals surface area (Å²) in [6.45, 7) is 3.17. The number of carbonyl (C=O) groups excluding carboxylic acids is 2. The average Bonchev–Trinajstić information content (AvgIpc) is 2.99. The first-order valence-corrected chi connectivity index (χ1v) is 19.3. The molecule has 0 rings (SSSR count). The van der Waals surface area contributed by atoms with Crippen molar-refractivity contribution in [3.63, 3.8) is 0 Å². The highest BCUT2D eigenvalue weighted by atomic mass is 31.1. The Hall–Kier alpha value is -1.53. The lowest BCUT2D eigenvalue weighted by atomic mass is 9.90. The van der Waals surface area contributed by atoms with Gasteiger partial charge in [0.15, 0.2) is 5.78 Å². The van der Waals surface area contributed by atoms with E-state index in [1.165, 1.54) is 103 Å². The van der Waals surface area contributed by atoms with Crippen LogP contribution in [0.5, 0.6) is 0 Å². The fraction of sp³-hybridized carbons (Fsp3) is 0.914. The van der Waals surface area contributed by atoms with Crippen LogP contribution in [0.4, 0.5) is 0 Å². The number of Topliss-reactive ketones (excluding diaryl/α,β-unsaturated/α-hetero) is 1. The molecule has 2 N–H and O–H groups in total. The number of aliphatic hydroxyl groups excluding tert-OH is 1. The molecule has 1 atom stereocenters. The van der Waals surface area contributed by atoms with Crippen molar-refractivity contribution in [1.82, 2.24) is 4.67 Å². The number of nitrogens with zero attached hydrogens (tertiary/aromatic N) is 1. The van der Waals surface area contributed by atoms with E-state index in [0.29, 0.717) is 19.3 Å². The third-order valence-electron chi connectivity index (χ3n) is 8.81. The van der Waals surface area contributed by atoms with Crippen molar-refractivity contribution < 1.29 is 33.7 Å². The topological polar surface area (TPSA) is 129 Å². The Labute approximate surface area is 269 Å². The Kier molecular flexibility index (Phi) is 27.9. The monoisotopic (exact) mass is 643 g/mol. The second-order valence-corrected chi connectivity index (χ2v) is 13.6. The van der Waals surface area contributed by atoms with Crippen molar-refractivity contribution in [3.05, 3.63) is 0 Å². The molecule has 1 amide bonds. The van der Waals surface area contributed by atoms with Crippen LogP contribution in [0.1, 0.15) is 194 Å². The van der Waals surface area contributed by atoms with Crippen molar-refractivity contribution in [2.75, 3.05) is 6.61 Å². The molecule has 0 aliphatic heterocycles. The number of hydrogen-bond acceptors (Lipinski definition) is 6. The van der Waals surface area contributed by atoms with Gasteiger partial charge in [0.2, 0.25) is 11.4 Å². The minimum atomic E-state index is -3.72. The minimum Gasteiger partial charge on any atom is -0.479 e. The van der Waals surface area contributed by atoms with Crippen LogP contribution < -0.4 is 0 Å². The summed E-state index contributed by atoms with van der Waals surface area (Å²) in [6.07, 6.45) is 28.4. The largest absolute Gasteiger partial charge is 0.479 e. The third-order valence-corrected chi connectivity index (χ3v) is 9.70. The predicted octanol–water partition coefficient (Wildman–Crippen LogP) is 10.3. The molecule has 0 saturated carbocycles. The van der Waals surface area contributed by atoms with E-state index in [-0.39, 0.29) is 17.5 Å². The maximum absolute atomic E-state index is 13.1. The standard InChI is InChI=1S/C35H66NO7P/c1-3-5-7-9-11-13-15-17-19-21-23-25-27-29-32(38)35(31-37,34(40)41)36(44(42)43)33(39)30-28-26-24-22-20-18-16-14-12-10-8-6-4-2/h37H,3-31H2,1-2H3,(H,40,41). The van der Waals surface area contributed by atoms with Gasteiger partial charge in [-0.05, 0) is 12.8 Å². The number of aliphatic carboxylic acids is 1. The van der Waals surface area contributed by atoms with E-state index in [0.717, 1.165) is 44.9 Å². The van der Waals surface area contributed by atoms with Crippen LogP contribution in [0.3, 0.4) is 0 Å². The van der Waals surface area contributed by atoms with E-state index in [1.807, 2.05) is 0 Å². The molecule has 0 aliphatic carbocycles. The van der Waals surface area contributed by atoms with Gasteiger partial charge in [-0.1, -0.05) is 168 Å². The first kappa shape index (κ1) is 42.5. The van der Waals surface area contributed by atoms with Crippen LogP contribution >= 0.6 is 7.83 Å². The third kappa shape index (κ3) is 19.1. The Morgan fingerprint density at radius 2 is 0.818 bits per heavy atom. The van der Waals surface area contributed by atoms with Crippen molar-refractivity contribution in [2.45, 2.75) is 199 Å². The smallest absolute Gasteiger partial charge is 0.430 e. The zero-order valence-corrected chi connectivity index (χ0v) is 29.2. The zero-order chi connectivity index (χ0) is 32.9. The second-order valence-electron chi connectivity index (χ2n) is 12.7. The summed E-state index contributed by atoms with van der Waals surface area (Å²) >= 11 is 0. The number of hydrogen-bond donors (Lipinski definition) is 2. The molecule has 0 saturated heterocycles. The summed E-state index contributed by atoms with van der Waals surface area (Å²) in [5.41, 5.74) is -2.79. The summed E-state index contributed by atoms with van der Waals surface area (Å²) in [5.74, 6) is -3.69. The summed E-state index contributed by atoms with van der Waals surface area (Å²) in [6, 6.07) is 0. The number of amides is 1. The number of carboxylic acid groups (broad SMARTS) is 1. The molecule has 0 aliphatic rings. The number of ketones is 1. The van der Waals surface area contributed by atoms with Gasteiger partial charge in [-0.25, -0.2) is 18.6 Å². The van der Waals surface area contributed by atoms with E-state index in [2.05, 4.69) is 13.8 Å². The maximum atomic E-state index is 13.1. The molecule has 0 aromatic carbocycles. The molecule has 0 aromatic heterocycles. The SMILES string of the molecule is CCCCCCCCCCCCCCCC(=O)N(P(=O)=O)C(CO)(C(=O)O)C(=O)CCCCCCCCCCCCCCC. The average molecular weight is 644 g/mol. The van der Waals surface area contributed by atoms with Gasteiger partial charge < -0.3 is 10.2 Å². The quantitative estimate of drug-likeness (QED) is 0.0413. The minimum absolute atomic E-state index is 0.121. The Bertz CT molecular complexity index is 809. The van der Waals surface area contributed by atoms with Gasteiger partial charge in [0.25, 0.3) is 0 Å². The van der Waals surface area contributed by atoms with Gasteiger partial charge in [0.1, 0.15) is 0 Å². The van der Waals surface area contributed by atoms with Gasteiger partial charge in [-0.15, -0.1) is 0 Å². The summed E-state index contributed by atoms with van der Waals surface area (Å²) in [4.78, 5) is 38.2. The highest BCUT2D eigenvalue weighted by Gasteiger charge is 2.54. The molecule has 9 heteroatoms. The van der Waals surface area contributed by atoms with Crippen LogP contribution in [-0.2, 0) is 23.5 Å². The number of carboxylic acids is 1. The molecule has 0 fully saturated rings. The van der Waals surface area contributed by atoms with Crippen molar-refractivity contribution in [3.8, 4) is 0 Å². The molecule has 8 nitrogen and oxygen atoms in total. The lowest BCUT2D eigenvalue weighted by molar-refractivity contribution is -0.162. The molecule has 0 aromatic rings. The van der Waals surface area contributed by atoms with E-state index >= 15 is 0 Å². The number of aliphatic hydroxyl groups is 1. The fourth-order valence-corrected chi connectivity index (χ4v) is 6.73. The molecule has 0 heterocycles. The molecule has 0 spiro atoms. The van der Waals surface area contributed by atoms with Crippen molar-refractivity contribution >= 4 is 25.5 Å². The Balaban J connectivity index is 4.46. The van der Waals surface area contributed by atoms with Crippen LogP contribution in [0, 0.1) is 0 Å². The normalized spacial score (nSPS) is 12.6. The van der Waals surface area contributed by atoms with E-state index in [9.17, 15) is 33.7 Å². The van der Waals surface area contributed by atoms with Gasteiger partial charge in [0, 0.05) is 12.8 Å². The van der Waals surface area contributed by atoms with Gasteiger partial charge >= 0.3 is 13.8 Å². The van der Waals surface area contributed by atoms with Gasteiger partial charge in [-0.2, -0.15) is 0 Å². The predicted molar refractivity (Wildman–Crippen MR) is 178 cm³/mol. The van der Waals surface area contributed by atoms with Gasteiger partial charge in [0.05, 0.1) is 6.61 Å². The molecular weight excluding hydrogens is 577 g/mol. The van der Waals surface area contributed by atoms with E-state index < -0.39 is 37.6 Å². The molecule has 0 bridgehead atoms. The maximum Gasteiger partial charge on any atom is 0.430 e. The van der Waals surface area contributed by atoms with Crippen LogP contribution in [-0.4, -0.2) is 44.7 Å². The van der Waals surface area contributed by atoms with Crippen LogP contribution in [0.15, 0.2) is 0 Å². The second kappa shape index (κ2) is 28.9. The van der Waals surface area contributed by atoms with E-state index in [4.69, 9.17) is 0 Å². The number of rotatable bonds is 33. The first-order valence-electron chi connectivity index (χ1n) is 18.1. The molecular formula is C35H66NO7P. The van der Waals surface area contributed by atoms with Crippen molar-refractivity contribution in [2.24, 2.45) is 0 Å². The molecule has 0 radical (unpaired) electrons. The molecule has 44 heavy (non-hydrogen) atoms. The summed E-state index contributed by atoms with van der Waals surface area (Å²) in [7, 11) is -3.72. The van der Waals surface area contributed by atoms with E-state index in [1.54, 1.807) is 0 Å². The summed E-state index contributed by atoms with van der Waals surface area (Å²) < 4.78 is 24.3. The van der Waals surface area contributed by atoms with Crippen LogP contribution in [0.25, 0.3) is 0 Å². The molecule has 1 unspecified atom stereocenters. The van der Waals surface area contributed by atoms with Crippen molar-refractivity contribution in [1.29, 1.82) is 0 Å². The highest BCUT2D eigenvalue weighted by molar-refractivity contribution is 7.29. The molecule has 258 valence electrons. The Morgan fingerprint density at radius 3 is 1.09 bits per heavy atom. The zero-order valence-electron chi connectivity index (χ0n) is 28.3. The number of unbranched alkanes of at least 4 members (excludes halogenated alkanes) is 24. The van der Waals surface area contributed by atoms with Gasteiger partial charge in [-0.3, -0.25) is 9.59 Å². The fourth-order valence-electron chi connectivity index (χ4n) is 5.90.